The summed E-state index contributed by atoms with van der Waals surface area (Å²) in [7, 11) is 0. The average Bonchev–Trinajstić information content (AvgIpc) is 2.70. The minimum Gasteiger partial charge on any atom is -0.483 e. The van der Waals surface area contributed by atoms with Gasteiger partial charge >= 0.3 is 6.18 Å². The molecule has 2 rings (SSSR count). The minimum absolute atomic E-state index is 0.129. The Morgan fingerprint density at radius 2 is 2.17 bits per heavy atom. The number of carbonyl (C=O) groups is 1. The Labute approximate surface area is 98.7 Å². The molecular weight excluding hydrogens is 251 g/mol. The Kier molecular flexibility index (Phi) is 2.85. The first kappa shape index (κ1) is 12.2. The minimum atomic E-state index is -4.49. The summed E-state index contributed by atoms with van der Waals surface area (Å²) in [6, 6.07) is 2.54. The van der Waals surface area contributed by atoms with Crippen molar-refractivity contribution in [2.45, 2.75) is 6.18 Å². The van der Waals surface area contributed by atoms with Crippen LogP contribution in [0.1, 0.15) is 10.4 Å². The van der Waals surface area contributed by atoms with Crippen molar-refractivity contribution in [3.8, 4) is 5.75 Å². The third-order valence-electron chi connectivity index (χ3n) is 2.18. The van der Waals surface area contributed by atoms with Crippen molar-refractivity contribution in [2.75, 3.05) is 6.61 Å². The molecule has 0 aliphatic carbocycles. The van der Waals surface area contributed by atoms with E-state index >= 15 is 0 Å². The molecule has 1 aromatic heterocycles. The molecule has 1 amide bonds. The van der Waals surface area contributed by atoms with Crippen LogP contribution in [0.15, 0.2) is 18.5 Å². The highest BCUT2D eigenvalue weighted by atomic mass is 19.4. The van der Waals surface area contributed by atoms with Crippen LogP contribution in [0.4, 0.5) is 13.2 Å². The van der Waals surface area contributed by atoms with Crippen molar-refractivity contribution in [3.63, 3.8) is 0 Å². The van der Waals surface area contributed by atoms with Crippen molar-refractivity contribution in [1.82, 2.24) is 9.97 Å². The van der Waals surface area contributed by atoms with E-state index in [1.807, 2.05) is 0 Å². The van der Waals surface area contributed by atoms with Crippen molar-refractivity contribution < 1.29 is 22.7 Å². The van der Waals surface area contributed by atoms with Crippen LogP contribution in [-0.4, -0.2) is 28.7 Å². The molecule has 0 bridgehead atoms. The summed E-state index contributed by atoms with van der Waals surface area (Å²) >= 11 is 0. The molecule has 0 saturated heterocycles. The van der Waals surface area contributed by atoms with E-state index in [2.05, 4.69) is 14.7 Å². The Morgan fingerprint density at radius 1 is 1.44 bits per heavy atom. The predicted molar refractivity (Wildman–Crippen MR) is 56.2 cm³/mol. The monoisotopic (exact) mass is 259 g/mol. The molecule has 0 spiro atoms. The van der Waals surface area contributed by atoms with Gasteiger partial charge in [-0.15, -0.1) is 0 Å². The maximum atomic E-state index is 12.1. The second-order valence-corrected chi connectivity index (χ2v) is 3.54. The van der Waals surface area contributed by atoms with Gasteiger partial charge in [0.2, 0.25) is 0 Å². The van der Waals surface area contributed by atoms with E-state index in [4.69, 9.17) is 5.73 Å². The lowest BCUT2D eigenvalue weighted by Gasteiger charge is -2.11. The summed E-state index contributed by atoms with van der Waals surface area (Å²) in [6.07, 6.45) is -3.14. The van der Waals surface area contributed by atoms with Crippen molar-refractivity contribution in [2.24, 2.45) is 5.73 Å². The largest absolute Gasteiger partial charge is 0.483 e. The molecule has 0 fully saturated rings. The summed E-state index contributed by atoms with van der Waals surface area (Å²) < 4.78 is 40.8. The summed E-state index contributed by atoms with van der Waals surface area (Å²) in [6.45, 7) is -1.50. The number of primary amides is 1. The third kappa shape index (κ3) is 2.53. The maximum absolute atomic E-state index is 12.1. The number of benzene rings is 1. The lowest BCUT2D eigenvalue weighted by molar-refractivity contribution is -0.153. The zero-order valence-corrected chi connectivity index (χ0v) is 8.91. The van der Waals surface area contributed by atoms with Gasteiger partial charge < -0.3 is 15.5 Å². The first-order valence-electron chi connectivity index (χ1n) is 4.83. The van der Waals surface area contributed by atoms with Gasteiger partial charge in [-0.3, -0.25) is 4.79 Å². The molecule has 0 radical (unpaired) electrons. The van der Waals surface area contributed by atoms with E-state index in [1.165, 1.54) is 18.5 Å². The topological polar surface area (TPSA) is 81.0 Å². The van der Waals surface area contributed by atoms with Gasteiger partial charge in [0.1, 0.15) is 5.75 Å². The van der Waals surface area contributed by atoms with Crippen molar-refractivity contribution in [1.29, 1.82) is 0 Å². The number of nitrogens with two attached hydrogens (primary N) is 1. The quantitative estimate of drug-likeness (QED) is 0.878. The zero-order valence-electron chi connectivity index (χ0n) is 8.91. The third-order valence-corrected chi connectivity index (χ3v) is 2.18. The Balaban J connectivity index is 2.39. The molecule has 0 unspecified atom stereocenters. The fraction of sp³-hybridized carbons (Fsp3) is 0.200. The molecule has 5 nitrogen and oxygen atoms in total. The number of aromatic nitrogens is 2. The molecule has 3 N–H and O–H groups in total. The van der Waals surface area contributed by atoms with Gasteiger partial charge in [0.25, 0.3) is 5.91 Å². The number of halogens is 3. The van der Waals surface area contributed by atoms with E-state index in [-0.39, 0.29) is 11.3 Å². The first-order valence-corrected chi connectivity index (χ1v) is 4.83. The number of imidazole rings is 1. The Morgan fingerprint density at radius 3 is 2.78 bits per heavy atom. The van der Waals surface area contributed by atoms with Crippen LogP contribution < -0.4 is 10.5 Å². The average molecular weight is 259 g/mol. The van der Waals surface area contributed by atoms with E-state index in [0.29, 0.717) is 11.0 Å². The molecule has 8 heteroatoms. The zero-order chi connectivity index (χ0) is 13.3. The van der Waals surface area contributed by atoms with E-state index in [9.17, 15) is 18.0 Å². The van der Waals surface area contributed by atoms with Gasteiger partial charge in [-0.05, 0) is 6.07 Å². The van der Waals surface area contributed by atoms with Crippen LogP contribution in [0.3, 0.4) is 0 Å². The number of amides is 1. The lowest BCUT2D eigenvalue weighted by atomic mass is 10.1. The van der Waals surface area contributed by atoms with Crippen LogP contribution in [0.25, 0.3) is 11.0 Å². The van der Waals surface area contributed by atoms with E-state index in [1.54, 1.807) is 0 Å². The number of ether oxygens (including phenoxy) is 1. The number of H-pyrrole nitrogens is 1. The number of nitrogens with one attached hydrogen (secondary N) is 1. The molecule has 2 aromatic rings. The number of fused-ring (bicyclic) bond motifs is 1. The fourth-order valence-corrected chi connectivity index (χ4v) is 1.43. The highest BCUT2D eigenvalue weighted by Crippen LogP contribution is 2.26. The molecule has 0 aliphatic rings. The molecule has 96 valence electrons. The summed E-state index contributed by atoms with van der Waals surface area (Å²) in [4.78, 5) is 17.7. The Hall–Kier alpha value is -2.25. The van der Waals surface area contributed by atoms with Gasteiger partial charge in [0.05, 0.1) is 22.9 Å². The molecule has 1 aromatic carbocycles. The number of aromatic amines is 1. The number of hydrogen-bond donors (Lipinski definition) is 2. The van der Waals surface area contributed by atoms with Crippen LogP contribution in [-0.2, 0) is 0 Å². The second-order valence-electron chi connectivity index (χ2n) is 3.54. The van der Waals surface area contributed by atoms with Crippen LogP contribution in [0.2, 0.25) is 0 Å². The summed E-state index contributed by atoms with van der Waals surface area (Å²) in [5.74, 6) is -1.11. The number of hydrogen-bond acceptors (Lipinski definition) is 3. The molecular formula is C10H8F3N3O2. The van der Waals surface area contributed by atoms with Crippen molar-refractivity contribution >= 4 is 16.9 Å². The van der Waals surface area contributed by atoms with Gasteiger partial charge in [-0.1, -0.05) is 0 Å². The van der Waals surface area contributed by atoms with Gasteiger partial charge in [0.15, 0.2) is 6.61 Å². The normalized spacial score (nSPS) is 11.7. The highest BCUT2D eigenvalue weighted by Gasteiger charge is 2.29. The maximum Gasteiger partial charge on any atom is 0.422 e. The highest BCUT2D eigenvalue weighted by molar-refractivity contribution is 5.99. The predicted octanol–water partition coefficient (Wildman–Crippen LogP) is 1.60. The standard InChI is InChI=1S/C10H8F3N3O2/c11-10(12,13)3-18-8-2-7-6(15-4-16-7)1-5(8)9(14)17/h1-2,4H,3H2,(H2,14,17)(H,15,16). The summed E-state index contributed by atoms with van der Waals surface area (Å²) in [5, 5.41) is 0. The van der Waals surface area contributed by atoms with Crippen LogP contribution in [0.5, 0.6) is 5.75 Å². The van der Waals surface area contributed by atoms with E-state index in [0.717, 1.165) is 0 Å². The lowest BCUT2D eigenvalue weighted by Crippen LogP contribution is -2.21. The molecule has 18 heavy (non-hydrogen) atoms. The van der Waals surface area contributed by atoms with Crippen molar-refractivity contribution in [3.05, 3.63) is 24.0 Å². The SMILES string of the molecule is NC(=O)c1cc2[nH]cnc2cc1OCC(F)(F)F. The smallest absolute Gasteiger partial charge is 0.422 e. The molecule has 1 heterocycles. The van der Waals surface area contributed by atoms with E-state index < -0.39 is 18.7 Å². The first-order chi connectivity index (χ1) is 8.37. The number of rotatable bonds is 3. The molecule has 0 aliphatic heterocycles. The summed E-state index contributed by atoms with van der Waals surface area (Å²) in [5.41, 5.74) is 5.83. The van der Waals surface area contributed by atoms with Crippen LogP contribution >= 0.6 is 0 Å². The van der Waals surface area contributed by atoms with Gasteiger partial charge in [-0.2, -0.15) is 13.2 Å². The Bertz CT molecular complexity index is 592. The second kappa shape index (κ2) is 4.21. The molecule has 0 saturated carbocycles. The van der Waals surface area contributed by atoms with Gasteiger partial charge in [-0.25, -0.2) is 4.98 Å². The number of nitrogens with zero attached hydrogens (tertiary/aromatic N) is 1. The molecule has 0 atom stereocenters. The fourth-order valence-electron chi connectivity index (χ4n) is 1.43. The van der Waals surface area contributed by atoms with Gasteiger partial charge in [0, 0.05) is 6.07 Å². The number of alkyl halides is 3. The van der Waals surface area contributed by atoms with Crippen LogP contribution in [0, 0.1) is 0 Å². The number of carbonyl (C=O) groups excluding carboxylic acids is 1.